The van der Waals surface area contributed by atoms with Gasteiger partial charge in [-0.05, 0) is 56.0 Å². The predicted octanol–water partition coefficient (Wildman–Crippen LogP) is 2.18. The van der Waals surface area contributed by atoms with Gasteiger partial charge >= 0.3 is 0 Å². The van der Waals surface area contributed by atoms with Crippen molar-refractivity contribution < 1.29 is 14.3 Å². The number of piperidine rings is 3. The van der Waals surface area contributed by atoms with Gasteiger partial charge in [0.1, 0.15) is 11.8 Å². The zero-order valence-electron chi connectivity index (χ0n) is 14.0. The number of carbonyl (C=O) groups excluding carboxylic acids is 1. The molecule has 2 N–H and O–H groups in total. The highest BCUT2D eigenvalue weighted by Gasteiger charge is 2.45. The van der Waals surface area contributed by atoms with E-state index in [0.717, 1.165) is 43.3 Å². The van der Waals surface area contributed by atoms with E-state index in [1.807, 2.05) is 18.2 Å². The number of carbonyl (C=O) groups is 1. The molecule has 1 amide bonds. The van der Waals surface area contributed by atoms with Crippen molar-refractivity contribution in [1.82, 2.24) is 10.2 Å². The highest BCUT2D eigenvalue weighted by Crippen LogP contribution is 2.35. The molecule has 3 saturated heterocycles. The van der Waals surface area contributed by atoms with E-state index >= 15 is 0 Å². The average Bonchev–Trinajstić information content (AvgIpc) is 3.03. The molecule has 5 heteroatoms. The average molecular weight is 328 g/mol. The van der Waals surface area contributed by atoms with Crippen molar-refractivity contribution in [3.05, 3.63) is 35.6 Å². The van der Waals surface area contributed by atoms with Gasteiger partial charge in [-0.2, -0.15) is 0 Å². The molecule has 1 atom stereocenters. The van der Waals surface area contributed by atoms with Gasteiger partial charge in [0.15, 0.2) is 0 Å². The largest absolute Gasteiger partial charge is 0.463 e. The minimum absolute atomic E-state index is 0.174. The maximum absolute atomic E-state index is 12.6. The third kappa shape index (κ3) is 2.62. The van der Waals surface area contributed by atoms with Crippen LogP contribution >= 0.6 is 0 Å². The fourth-order valence-electron chi connectivity index (χ4n) is 4.15. The van der Waals surface area contributed by atoms with Crippen LogP contribution in [-0.2, 0) is 6.42 Å². The zero-order valence-corrected chi connectivity index (χ0v) is 14.0. The molecule has 1 aromatic carbocycles. The molecular weight excluding hydrogens is 304 g/mol. The summed E-state index contributed by atoms with van der Waals surface area (Å²) in [7, 11) is 0. The molecule has 0 spiro atoms. The van der Waals surface area contributed by atoms with E-state index in [1.54, 1.807) is 0 Å². The molecule has 5 rings (SSSR count). The van der Waals surface area contributed by atoms with Gasteiger partial charge in [0.2, 0.25) is 0 Å². The maximum atomic E-state index is 12.6. The number of hydrogen-bond donors (Lipinski definition) is 2. The Balaban J connectivity index is 1.50. The SMILES string of the molecule is CCc1ccc2occ(C(=O)NCC3(O)CN4CCC3CC4)c2c1. The second kappa shape index (κ2) is 5.90. The Bertz CT molecular complexity index is 761. The van der Waals surface area contributed by atoms with Gasteiger partial charge in [-0.25, -0.2) is 0 Å². The fraction of sp³-hybridized carbons (Fsp3) is 0.526. The second-order valence-corrected chi connectivity index (χ2v) is 7.17. The standard InChI is InChI=1S/C19H24N2O3/c1-2-13-3-4-17-15(9-13)16(10-24-17)18(22)20-11-19(23)12-21-7-5-14(19)6-8-21/h3-4,9-10,14,23H,2,5-8,11-12H2,1H3,(H,20,22). The molecule has 0 aliphatic carbocycles. The molecule has 128 valence electrons. The molecule has 2 aromatic rings. The summed E-state index contributed by atoms with van der Waals surface area (Å²) in [6, 6.07) is 5.94. The Morgan fingerprint density at radius 2 is 2.21 bits per heavy atom. The Morgan fingerprint density at radius 1 is 1.42 bits per heavy atom. The lowest BCUT2D eigenvalue weighted by Crippen LogP contribution is -2.63. The van der Waals surface area contributed by atoms with Crippen molar-refractivity contribution in [3.63, 3.8) is 0 Å². The summed E-state index contributed by atoms with van der Waals surface area (Å²) in [5.74, 6) is 0.113. The minimum Gasteiger partial charge on any atom is -0.463 e. The van der Waals surface area contributed by atoms with E-state index in [2.05, 4.69) is 17.1 Å². The van der Waals surface area contributed by atoms with E-state index in [9.17, 15) is 9.90 Å². The topological polar surface area (TPSA) is 65.7 Å². The monoisotopic (exact) mass is 328 g/mol. The van der Waals surface area contributed by atoms with Gasteiger partial charge in [-0.15, -0.1) is 0 Å². The molecule has 3 fully saturated rings. The molecule has 3 aliphatic rings. The van der Waals surface area contributed by atoms with Crippen LogP contribution in [0.1, 0.15) is 35.7 Å². The van der Waals surface area contributed by atoms with Gasteiger partial charge in [-0.1, -0.05) is 13.0 Å². The van der Waals surface area contributed by atoms with Crippen LogP contribution in [0.5, 0.6) is 0 Å². The number of nitrogens with one attached hydrogen (secondary N) is 1. The molecule has 2 bridgehead atoms. The van der Waals surface area contributed by atoms with Crippen LogP contribution in [0.15, 0.2) is 28.9 Å². The third-order valence-electron chi connectivity index (χ3n) is 5.69. The second-order valence-electron chi connectivity index (χ2n) is 7.17. The lowest BCUT2D eigenvalue weighted by atomic mass is 9.75. The Kier molecular flexibility index (Phi) is 3.85. The normalized spacial score (nSPS) is 29.1. The van der Waals surface area contributed by atoms with Crippen LogP contribution in [0.25, 0.3) is 11.0 Å². The van der Waals surface area contributed by atoms with Crippen molar-refractivity contribution in [2.75, 3.05) is 26.2 Å². The number of benzene rings is 1. The molecule has 3 aliphatic heterocycles. The Hall–Kier alpha value is -1.85. The number of furan rings is 1. The number of aryl methyl sites for hydroxylation is 1. The maximum Gasteiger partial charge on any atom is 0.255 e. The summed E-state index contributed by atoms with van der Waals surface area (Å²) in [6.07, 6.45) is 4.46. The van der Waals surface area contributed by atoms with Crippen LogP contribution in [0.4, 0.5) is 0 Å². The first-order chi connectivity index (χ1) is 11.6. The molecule has 24 heavy (non-hydrogen) atoms. The number of fused-ring (bicyclic) bond motifs is 4. The van der Waals surface area contributed by atoms with Gasteiger partial charge in [0, 0.05) is 18.5 Å². The third-order valence-corrected chi connectivity index (χ3v) is 5.69. The summed E-state index contributed by atoms with van der Waals surface area (Å²) < 4.78 is 5.50. The van der Waals surface area contributed by atoms with Crippen LogP contribution in [0, 0.1) is 5.92 Å². The summed E-state index contributed by atoms with van der Waals surface area (Å²) in [6.45, 7) is 5.17. The summed E-state index contributed by atoms with van der Waals surface area (Å²) in [5.41, 5.74) is 1.64. The first-order valence-electron chi connectivity index (χ1n) is 8.82. The number of rotatable bonds is 4. The van der Waals surface area contributed by atoms with Crippen molar-refractivity contribution in [1.29, 1.82) is 0 Å². The van der Waals surface area contributed by atoms with Crippen LogP contribution in [-0.4, -0.2) is 47.7 Å². The summed E-state index contributed by atoms with van der Waals surface area (Å²) in [4.78, 5) is 14.9. The van der Waals surface area contributed by atoms with Gasteiger partial charge in [0.05, 0.1) is 11.2 Å². The lowest BCUT2D eigenvalue weighted by Gasteiger charge is -2.50. The molecule has 4 heterocycles. The molecule has 0 saturated carbocycles. The van der Waals surface area contributed by atoms with E-state index in [1.165, 1.54) is 11.8 Å². The van der Waals surface area contributed by atoms with Gasteiger partial charge in [0.25, 0.3) is 5.91 Å². The molecular formula is C19H24N2O3. The van der Waals surface area contributed by atoms with Crippen molar-refractivity contribution in [2.45, 2.75) is 31.8 Å². The molecule has 0 radical (unpaired) electrons. The minimum atomic E-state index is -0.805. The summed E-state index contributed by atoms with van der Waals surface area (Å²) >= 11 is 0. The highest BCUT2D eigenvalue weighted by atomic mass is 16.3. The molecule has 1 aromatic heterocycles. The number of aliphatic hydroxyl groups is 1. The number of nitrogens with zero attached hydrogens (tertiary/aromatic N) is 1. The lowest BCUT2D eigenvalue weighted by molar-refractivity contribution is -0.108. The van der Waals surface area contributed by atoms with Crippen molar-refractivity contribution in [3.8, 4) is 0 Å². The predicted molar refractivity (Wildman–Crippen MR) is 92.0 cm³/mol. The van der Waals surface area contributed by atoms with Crippen LogP contribution in [0.3, 0.4) is 0 Å². The number of hydrogen-bond acceptors (Lipinski definition) is 4. The Morgan fingerprint density at radius 3 is 2.88 bits per heavy atom. The van der Waals surface area contributed by atoms with Gasteiger partial charge < -0.3 is 19.7 Å². The van der Waals surface area contributed by atoms with E-state index < -0.39 is 5.60 Å². The highest BCUT2D eigenvalue weighted by molar-refractivity contribution is 6.06. The van der Waals surface area contributed by atoms with Crippen molar-refractivity contribution >= 4 is 16.9 Å². The Labute approximate surface area is 141 Å². The summed E-state index contributed by atoms with van der Waals surface area (Å²) in [5, 5.41) is 14.7. The van der Waals surface area contributed by atoms with Gasteiger partial charge in [-0.3, -0.25) is 4.79 Å². The van der Waals surface area contributed by atoms with Crippen LogP contribution < -0.4 is 5.32 Å². The first-order valence-corrected chi connectivity index (χ1v) is 8.82. The quantitative estimate of drug-likeness (QED) is 0.903. The smallest absolute Gasteiger partial charge is 0.255 e. The van der Waals surface area contributed by atoms with E-state index in [-0.39, 0.29) is 11.8 Å². The van der Waals surface area contributed by atoms with Crippen LogP contribution in [0.2, 0.25) is 0 Å². The molecule has 1 unspecified atom stereocenters. The molecule has 5 nitrogen and oxygen atoms in total. The van der Waals surface area contributed by atoms with Crippen molar-refractivity contribution in [2.24, 2.45) is 5.92 Å². The first kappa shape index (κ1) is 15.7. The number of amides is 1. The van der Waals surface area contributed by atoms with E-state index in [4.69, 9.17) is 4.42 Å². The zero-order chi connectivity index (χ0) is 16.7. The van der Waals surface area contributed by atoms with E-state index in [0.29, 0.717) is 18.7 Å². The fourth-order valence-corrected chi connectivity index (χ4v) is 4.15.